The van der Waals surface area contributed by atoms with Crippen molar-refractivity contribution in [2.24, 2.45) is 11.3 Å². The van der Waals surface area contributed by atoms with Gasteiger partial charge < -0.3 is 30.0 Å². The van der Waals surface area contributed by atoms with E-state index >= 15 is 4.39 Å². The Morgan fingerprint density at radius 1 is 0.980 bits per heavy atom. The first kappa shape index (κ1) is 35.6. The molecular formula is C38H46FN7O5. The van der Waals surface area contributed by atoms with Crippen molar-refractivity contribution in [1.82, 2.24) is 35.1 Å². The van der Waals surface area contributed by atoms with E-state index in [1.54, 1.807) is 23.4 Å². The summed E-state index contributed by atoms with van der Waals surface area (Å²) in [6.45, 7) is 10.8. The van der Waals surface area contributed by atoms with Gasteiger partial charge in [0.2, 0.25) is 5.91 Å². The van der Waals surface area contributed by atoms with Crippen LogP contribution in [-0.2, 0) is 15.1 Å². The second kappa shape index (κ2) is 13.8. The summed E-state index contributed by atoms with van der Waals surface area (Å²) in [6.07, 6.45) is 4.61. The number of aromatic nitrogens is 4. The number of rotatable bonds is 8. The van der Waals surface area contributed by atoms with Crippen LogP contribution >= 0.6 is 0 Å². The molecule has 13 heteroatoms. The molecule has 4 aromatic rings. The van der Waals surface area contributed by atoms with Gasteiger partial charge in [-0.3, -0.25) is 9.69 Å². The molecule has 0 saturated carbocycles. The molecule has 3 amide bonds. The van der Waals surface area contributed by atoms with Gasteiger partial charge in [0, 0.05) is 18.7 Å². The smallest absolute Gasteiger partial charge is 0.408 e. The lowest BCUT2D eigenvalue weighted by atomic mass is 9.71. The van der Waals surface area contributed by atoms with Crippen LogP contribution in [0.5, 0.6) is 0 Å². The van der Waals surface area contributed by atoms with Gasteiger partial charge in [-0.25, -0.2) is 23.9 Å². The van der Waals surface area contributed by atoms with Gasteiger partial charge in [-0.05, 0) is 65.8 Å². The Bertz CT molecular complexity index is 1910. The van der Waals surface area contributed by atoms with Gasteiger partial charge in [0.25, 0.3) is 0 Å². The number of methoxy groups -OCH3 is 1. The van der Waals surface area contributed by atoms with E-state index in [4.69, 9.17) is 4.74 Å². The Balaban J connectivity index is 1.18. The predicted octanol–water partition coefficient (Wildman–Crippen LogP) is 7.33. The first-order chi connectivity index (χ1) is 24.2. The molecule has 6 rings (SSSR count). The molecule has 12 nitrogen and oxygen atoms in total. The highest BCUT2D eigenvalue weighted by Crippen LogP contribution is 2.50. The molecule has 0 radical (unpaired) electrons. The molecule has 2 aromatic heterocycles. The highest BCUT2D eigenvalue weighted by Gasteiger charge is 2.55. The van der Waals surface area contributed by atoms with Crippen molar-refractivity contribution in [3.63, 3.8) is 0 Å². The molecule has 270 valence electrons. The Hall–Kier alpha value is -5.20. The summed E-state index contributed by atoms with van der Waals surface area (Å²) in [5.41, 5.74) is 2.75. The molecular weight excluding hydrogens is 653 g/mol. The molecule has 2 aromatic carbocycles. The van der Waals surface area contributed by atoms with Crippen LogP contribution in [0.4, 0.5) is 14.0 Å². The zero-order valence-electron chi connectivity index (χ0n) is 29.9. The van der Waals surface area contributed by atoms with Crippen LogP contribution in [-0.4, -0.2) is 79.2 Å². The van der Waals surface area contributed by atoms with E-state index in [2.05, 4.69) is 25.3 Å². The number of likely N-dealkylation sites (tertiary alicyclic amines) is 2. The Morgan fingerprint density at radius 2 is 1.67 bits per heavy atom. The van der Waals surface area contributed by atoms with Gasteiger partial charge >= 0.3 is 12.2 Å². The molecule has 4 N–H and O–H groups in total. The third-order valence-electron chi connectivity index (χ3n) is 10.4. The number of carbonyl (C=O) groups excluding carboxylic acids is 2. The van der Waals surface area contributed by atoms with Crippen LogP contribution in [0.2, 0.25) is 0 Å². The minimum atomic E-state index is -0.992. The zero-order chi connectivity index (χ0) is 36.7. The van der Waals surface area contributed by atoms with Gasteiger partial charge in [0.05, 0.1) is 36.9 Å². The molecule has 2 aliphatic heterocycles. The first-order valence-electron chi connectivity index (χ1n) is 17.4. The van der Waals surface area contributed by atoms with E-state index in [0.29, 0.717) is 48.0 Å². The fourth-order valence-corrected chi connectivity index (χ4v) is 7.73. The maximum absolute atomic E-state index is 15.7. The van der Waals surface area contributed by atoms with E-state index in [1.807, 2.05) is 65.0 Å². The van der Waals surface area contributed by atoms with Crippen LogP contribution in [0.3, 0.4) is 0 Å². The molecule has 0 bridgehead atoms. The van der Waals surface area contributed by atoms with Crippen molar-refractivity contribution in [3.8, 4) is 33.6 Å². The van der Waals surface area contributed by atoms with Gasteiger partial charge in [0.15, 0.2) is 0 Å². The molecule has 0 unspecified atom stereocenters. The number of carbonyl (C=O) groups is 3. The number of alkyl carbamates (subject to hydrolysis) is 1. The fourth-order valence-electron chi connectivity index (χ4n) is 7.73. The number of nitrogens with one attached hydrogen (secondary N) is 3. The minimum absolute atomic E-state index is 0.124. The number of imidazole rings is 2. The summed E-state index contributed by atoms with van der Waals surface area (Å²) in [5.74, 6) is 0.485. The quantitative estimate of drug-likeness (QED) is 0.150. The number of aromatic amines is 2. The van der Waals surface area contributed by atoms with Gasteiger partial charge in [-0.2, -0.15) is 0 Å². The van der Waals surface area contributed by atoms with Crippen molar-refractivity contribution < 1.29 is 28.6 Å². The number of benzene rings is 2. The fraction of sp³-hybridized carbons (Fsp3) is 0.447. The lowest BCUT2D eigenvalue weighted by Crippen LogP contribution is -2.53. The summed E-state index contributed by atoms with van der Waals surface area (Å²) in [4.78, 5) is 56.7. The second-order valence-electron chi connectivity index (χ2n) is 14.8. The molecule has 0 aliphatic carbocycles. The third kappa shape index (κ3) is 6.57. The average molecular weight is 700 g/mol. The molecule has 2 aliphatic rings. The van der Waals surface area contributed by atoms with Crippen LogP contribution in [0, 0.1) is 17.2 Å². The van der Waals surface area contributed by atoms with E-state index in [9.17, 15) is 19.5 Å². The summed E-state index contributed by atoms with van der Waals surface area (Å²) in [6, 6.07) is 11.8. The Labute approximate surface area is 296 Å². The summed E-state index contributed by atoms with van der Waals surface area (Å²) < 4.78 is 20.4. The zero-order valence-corrected chi connectivity index (χ0v) is 29.9. The number of ether oxygens (including phenoxy) is 1. The second-order valence-corrected chi connectivity index (χ2v) is 14.8. The monoisotopic (exact) mass is 699 g/mol. The van der Waals surface area contributed by atoms with Gasteiger partial charge in [0.1, 0.15) is 29.0 Å². The van der Waals surface area contributed by atoms with Crippen LogP contribution < -0.4 is 5.32 Å². The van der Waals surface area contributed by atoms with Crippen molar-refractivity contribution in [3.05, 3.63) is 72.3 Å². The standard InChI is InChI=1S/C38H46FN7O5/c1-22(2)31(44-35(48)51-6)33(47)45-17-7-9-30(45)32-40-20-28(42-32)24-12-10-23(11-13-24)25-14-15-26(27(39)19-25)29-21-41-34(43-29)38(37(3,4)5)16-8-18-46(38)36(49)50/h10-15,19-22,30-31H,7-9,16-18H2,1-6H3,(H,40,42)(H,41,43)(H,44,48)(H,49,50)/t30-,31-,38+/m0/s1. The molecule has 2 fully saturated rings. The lowest BCUT2D eigenvalue weighted by Gasteiger charge is -2.45. The maximum atomic E-state index is 15.7. The van der Waals surface area contributed by atoms with E-state index in [0.717, 1.165) is 36.1 Å². The Morgan fingerprint density at radius 3 is 2.31 bits per heavy atom. The van der Waals surface area contributed by atoms with Crippen LogP contribution in [0.1, 0.15) is 78.0 Å². The van der Waals surface area contributed by atoms with Crippen molar-refractivity contribution >= 4 is 18.1 Å². The average Bonchev–Trinajstić information content (AvgIpc) is 3.92. The number of hydrogen-bond acceptors (Lipinski definition) is 6. The van der Waals surface area contributed by atoms with E-state index in [-0.39, 0.29) is 17.9 Å². The highest BCUT2D eigenvalue weighted by atomic mass is 19.1. The predicted molar refractivity (Wildman–Crippen MR) is 190 cm³/mol. The lowest BCUT2D eigenvalue weighted by molar-refractivity contribution is -0.135. The number of H-pyrrole nitrogens is 2. The van der Waals surface area contributed by atoms with Crippen LogP contribution in [0.15, 0.2) is 54.9 Å². The summed E-state index contributed by atoms with van der Waals surface area (Å²) in [7, 11) is 1.27. The molecule has 0 spiro atoms. The third-order valence-corrected chi connectivity index (χ3v) is 10.4. The number of halogens is 1. The topological polar surface area (TPSA) is 157 Å². The SMILES string of the molecule is COC(=O)N[C@H](C(=O)N1CCC[C@H]1c1ncc(-c2ccc(-c3ccc(-c4cnc([C@@]5(C(C)(C)C)CCCN5C(=O)O)[nH]4)c(F)c3)cc2)[nH]1)C(C)C. The normalized spacial score (nSPS) is 19.8. The summed E-state index contributed by atoms with van der Waals surface area (Å²) in [5, 5.41) is 12.7. The molecule has 51 heavy (non-hydrogen) atoms. The van der Waals surface area contributed by atoms with Crippen LogP contribution in [0.25, 0.3) is 33.6 Å². The number of hydrogen-bond donors (Lipinski definition) is 4. The molecule has 2 saturated heterocycles. The van der Waals surface area contributed by atoms with Gasteiger partial charge in [-0.15, -0.1) is 0 Å². The number of amides is 3. The highest BCUT2D eigenvalue weighted by molar-refractivity contribution is 5.86. The van der Waals surface area contributed by atoms with Crippen molar-refractivity contribution in [2.45, 2.75) is 77.9 Å². The van der Waals surface area contributed by atoms with Gasteiger partial charge in [-0.1, -0.05) is 65.0 Å². The van der Waals surface area contributed by atoms with Crippen molar-refractivity contribution in [1.29, 1.82) is 0 Å². The van der Waals surface area contributed by atoms with E-state index in [1.165, 1.54) is 18.1 Å². The molecule has 4 heterocycles. The number of carboxylic acid groups (broad SMARTS) is 1. The van der Waals surface area contributed by atoms with E-state index < -0.39 is 35.0 Å². The molecule has 3 atom stereocenters. The van der Waals surface area contributed by atoms with Crippen molar-refractivity contribution in [2.75, 3.05) is 20.2 Å². The maximum Gasteiger partial charge on any atom is 0.408 e. The number of nitrogens with zero attached hydrogens (tertiary/aromatic N) is 4. The minimum Gasteiger partial charge on any atom is -0.465 e. The largest absolute Gasteiger partial charge is 0.465 e. The first-order valence-corrected chi connectivity index (χ1v) is 17.4. The summed E-state index contributed by atoms with van der Waals surface area (Å²) >= 11 is 0. The Kier molecular flexibility index (Phi) is 9.67.